The molecule has 1 N–H and O–H groups in total. The van der Waals surface area contributed by atoms with Crippen LogP contribution in [0.3, 0.4) is 0 Å². The monoisotopic (exact) mass is 255 g/mol. The zero-order chi connectivity index (χ0) is 12.7. The van der Waals surface area contributed by atoms with Gasteiger partial charge in [-0.1, -0.05) is 25.1 Å². The molecule has 0 aliphatic carbocycles. The van der Waals surface area contributed by atoms with Gasteiger partial charge in [-0.3, -0.25) is 0 Å². The number of benzene rings is 1. The van der Waals surface area contributed by atoms with Crippen molar-refractivity contribution >= 4 is 11.6 Å². The van der Waals surface area contributed by atoms with Crippen LogP contribution in [0, 0.1) is 0 Å². The summed E-state index contributed by atoms with van der Waals surface area (Å²) >= 11 is 5.68. The molecule has 0 fully saturated rings. The molecule has 0 spiro atoms. The minimum absolute atomic E-state index is 0.313. The summed E-state index contributed by atoms with van der Waals surface area (Å²) in [6, 6.07) is 5.70. The fourth-order valence-corrected chi connectivity index (χ4v) is 1.43. The van der Waals surface area contributed by atoms with Crippen molar-refractivity contribution in [2.45, 2.75) is 13.5 Å². The van der Waals surface area contributed by atoms with Crippen molar-refractivity contribution in [1.29, 1.82) is 0 Å². The highest BCUT2D eigenvalue weighted by atomic mass is 35.5. The summed E-state index contributed by atoms with van der Waals surface area (Å²) in [5.41, 5.74) is 1.05. The van der Waals surface area contributed by atoms with E-state index >= 15 is 0 Å². The molecule has 0 saturated heterocycles. The number of rotatable bonds is 7. The maximum absolute atomic E-state index is 5.68. The number of ether oxygens (including phenoxy) is 2. The van der Waals surface area contributed by atoms with Crippen LogP contribution >= 0.6 is 11.6 Å². The second-order valence-electron chi connectivity index (χ2n) is 3.56. The van der Waals surface area contributed by atoms with E-state index in [1.807, 2.05) is 18.2 Å². The quantitative estimate of drug-likeness (QED) is 0.813. The summed E-state index contributed by atoms with van der Waals surface area (Å²) in [5.74, 6) is 1.61. The third kappa shape index (κ3) is 4.67. The maximum Gasteiger partial charge on any atom is 0.124 e. The number of nitrogens with one attached hydrogen (secondary N) is 1. The fraction of sp³-hybridized carbons (Fsp3) is 0.385. The normalized spacial score (nSPS) is 10.1. The Bertz CT molecular complexity index is 380. The molecule has 1 aromatic carbocycles. The smallest absolute Gasteiger partial charge is 0.124 e. The predicted octanol–water partition coefficient (Wildman–Crippen LogP) is 2.94. The van der Waals surface area contributed by atoms with Gasteiger partial charge in [-0.05, 0) is 24.7 Å². The van der Waals surface area contributed by atoms with Crippen molar-refractivity contribution in [1.82, 2.24) is 5.32 Å². The molecule has 0 radical (unpaired) electrons. The van der Waals surface area contributed by atoms with Gasteiger partial charge in [0.05, 0.1) is 7.11 Å². The molecule has 0 aromatic heterocycles. The van der Waals surface area contributed by atoms with Gasteiger partial charge in [0.15, 0.2) is 0 Å². The molecule has 4 heteroatoms. The molecule has 1 rings (SSSR count). The van der Waals surface area contributed by atoms with Crippen molar-refractivity contribution in [3.05, 3.63) is 35.4 Å². The third-order valence-corrected chi connectivity index (χ3v) is 2.33. The molecule has 0 amide bonds. The Morgan fingerprint density at radius 1 is 1.47 bits per heavy atom. The molecule has 17 heavy (non-hydrogen) atoms. The van der Waals surface area contributed by atoms with Crippen LogP contribution < -0.4 is 14.8 Å². The lowest BCUT2D eigenvalue weighted by molar-refractivity contribution is 0.352. The summed E-state index contributed by atoms with van der Waals surface area (Å²) in [6.07, 6.45) is 0. The lowest BCUT2D eigenvalue weighted by atomic mass is 10.2. The second kappa shape index (κ2) is 7.20. The van der Waals surface area contributed by atoms with Crippen molar-refractivity contribution in [3.63, 3.8) is 0 Å². The maximum atomic E-state index is 5.68. The van der Waals surface area contributed by atoms with E-state index in [2.05, 4.69) is 18.8 Å². The largest absolute Gasteiger partial charge is 0.497 e. The van der Waals surface area contributed by atoms with Crippen molar-refractivity contribution in [3.8, 4) is 11.5 Å². The Hall–Kier alpha value is -1.19. The first kappa shape index (κ1) is 13.9. The van der Waals surface area contributed by atoms with Crippen molar-refractivity contribution in [2.24, 2.45) is 0 Å². The lowest BCUT2D eigenvalue weighted by Crippen LogP contribution is -2.13. The van der Waals surface area contributed by atoms with E-state index in [4.69, 9.17) is 21.1 Å². The molecule has 94 valence electrons. The van der Waals surface area contributed by atoms with E-state index < -0.39 is 0 Å². The number of hydrogen-bond acceptors (Lipinski definition) is 3. The van der Waals surface area contributed by atoms with Crippen LogP contribution in [0.1, 0.15) is 12.5 Å². The van der Waals surface area contributed by atoms with E-state index in [0.29, 0.717) is 11.6 Å². The topological polar surface area (TPSA) is 30.5 Å². The van der Waals surface area contributed by atoms with Crippen molar-refractivity contribution in [2.75, 3.05) is 20.3 Å². The van der Waals surface area contributed by atoms with E-state index in [0.717, 1.165) is 30.2 Å². The zero-order valence-electron chi connectivity index (χ0n) is 10.3. The molecule has 0 aliphatic heterocycles. The minimum Gasteiger partial charge on any atom is -0.497 e. The van der Waals surface area contributed by atoms with Gasteiger partial charge in [-0.2, -0.15) is 0 Å². The Morgan fingerprint density at radius 2 is 2.24 bits per heavy atom. The van der Waals surface area contributed by atoms with Crippen LogP contribution in [0.25, 0.3) is 0 Å². The second-order valence-corrected chi connectivity index (χ2v) is 4.09. The number of methoxy groups -OCH3 is 1. The van der Waals surface area contributed by atoms with E-state index in [1.165, 1.54) is 0 Å². The van der Waals surface area contributed by atoms with Crippen LogP contribution in [0.5, 0.6) is 11.5 Å². The van der Waals surface area contributed by atoms with Gasteiger partial charge in [0.2, 0.25) is 0 Å². The van der Waals surface area contributed by atoms with E-state index in [1.54, 1.807) is 7.11 Å². The molecule has 0 atom stereocenters. The van der Waals surface area contributed by atoms with Crippen LogP contribution in [-0.4, -0.2) is 20.3 Å². The average molecular weight is 256 g/mol. The van der Waals surface area contributed by atoms with E-state index in [-0.39, 0.29) is 0 Å². The SMILES string of the molecule is C=C(Cl)COc1ccc(OC)cc1CNCC. The number of hydrogen-bond donors (Lipinski definition) is 1. The molecule has 0 bridgehead atoms. The standard InChI is InChI=1S/C13H18ClNO2/c1-4-15-8-11-7-12(16-3)5-6-13(11)17-9-10(2)14/h5-7,15H,2,4,8-9H2,1,3H3. The summed E-state index contributed by atoms with van der Waals surface area (Å²) in [7, 11) is 1.65. The Morgan fingerprint density at radius 3 is 2.82 bits per heavy atom. The third-order valence-electron chi connectivity index (χ3n) is 2.22. The van der Waals surface area contributed by atoms with Gasteiger partial charge in [0, 0.05) is 17.1 Å². The van der Waals surface area contributed by atoms with Crippen LogP contribution in [-0.2, 0) is 6.54 Å². The Labute approximate surface area is 107 Å². The molecule has 0 unspecified atom stereocenters. The van der Waals surface area contributed by atoms with Gasteiger partial charge in [0.25, 0.3) is 0 Å². The summed E-state index contributed by atoms with van der Waals surface area (Å²) in [6.45, 7) is 7.60. The first-order valence-electron chi connectivity index (χ1n) is 5.51. The molecular formula is C13H18ClNO2. The molecule has 0 heterocycles. The molecule has 0 saturated carbocycles. The van der Waals surface area contributed by atoms with Crippen LogP contribution in [0.15, 0.2) is 29.8 Å². The first-order chi connectivity index (χ1) is 8.17. The highest BCUT2D eigenvalue weighted by Gasteiger charge is 2.05. The fourth-order valence-electron chi connectivity index (χ4n) is 1.38. The number of halogens is 1. The zero-order valence-corrected chi connectivity index (χ0v) is 11.0. The molecule has 0 aliphatic rings. The van der Waals surface area contributed by atoms with Crippen LogP contribution in [0.2, 0.25) is 0 Å². The average Bonchev–Trinajstić information content (AvgIpc) is 2.34. The summed E-state index contributed by atoms with van der Waals surface area (Å²) in [4.78, 5) is 0. The summed E-state index contributed by atoms with van der Waals surface area (Å²) < 4.78 is 10.8. The summed E-state index contributed by atoms with van der Waals surface area (Å²) in [5, 5.41) is 3.73. The predicted molar refractivity (Wildman–Crippen MR) is 70.9 cm³/mol. The van der Waals surface area contributed by atoms with E-state index in [9.17, 15) is 0 Å². The molecule has 1 aromatic rings. The van der Waals surface area contributed by atoms with Gasteiger partial charge in [0.1, 0.15) is 18.1 Å². The van der Waals surface area contributed by atoms with Gasteiger partial charge in [-0.15, -0.1) is 0 Å². The van der Waals surface area contributed by atoms with Gasteiger partial charge >= 0.3 is 0 Å². The first-order valence-corrected chi connectivity index (χ1v) is 5.89. The Kier molecular flexibility index (Phi) is 5.87. The molecular weight excluding hydrogens is 238 g/mol. The Balaban J connectivity index is 2.81. The van der Waals surface area contributed by atoms with Crippen molar-refractivity contribution < 1.29 is 9.47 Å². The van der Waals surface area contributed by atoms with Crippen LogP contribution in [0.4, 0.5) is 0 Å². The van der Waals surface area contributed by atoms with Gasteiger partial charge < -0.3 is 14.8 Å². The minimum atomic E-state index is 0.313. The van der Waals surface area contributed by atoms with Gasteiger partial charge in [-0.25, -0.2) is 0 Å². The lowest BCUT2D eigenvalue weighted by Gasteiger charge is -2.12. The highest BCUT2D eigenvalue weighted by Crippen LogP contribution is 2.24. The highest BCUT2D eigenvalue weighted by molar-refractivity contribution is 6.29. The molecule has 3 nitrogen and oxygen atoms in total.